The van der Waals surface area contributed by atoms with Crippen molar-refractivity contribution in [1.82, 2.24) is 48.9 Å². The third-order valence-electron chi connectivity index (χ3n) is 10.7. The van der Waals surface area contributed by atoms with Crippen LogP contribution in [0.4, 0.5) is 16.3 Å². The zero-order valence-electron chi connectivity index (χ0n) is 36.5. The molecule has 22 heteroatoms. The van der Waals surface area contributed by atoms with Crippen molar-refractivity contribution in [2.75, 3.05) is 51.0 Å². The highest BCUT2D eigenvalue weighted by atomic mass is 19.1. The number of benzene rings is 2. The largest absolute Gasteiger partial charge is 0.491 e. The van der Waals surface area contributed by atoms with Gasteiger partial charge in [-0.3, -0.25) is 44.0 Å². The van der Waals surface area contributed by atoms with Gasteiger partial charge in [-0.05, 0) is 91.4 Å². The number of carbonyl (C=O) groups is 5. The van der Waals surface area contributed by atoms with Crippen LogP contribution in [-0.2, 0) is 24.4 Å². The zero-order valence-corrected chi connectivity index (χ0v) is 36.5. The van der Waals surface area contributed by atoms with Gasteiger partial charge in [-0.2, -0.15) is 10.2 Å². The Morgan fingerprint density at radius 2 is 1.55 bits per heavy atom. The summed E-state index contributed by atoms with van der Waals surface area (Å²) in [5.74, 6) is -2.67. The van der Waals surface area contributed by atoms with Crippen LogP contribution in [0.5, 0.6) is 11.5 Å². The molecule has 0 saturated carbocycles. The minimum atomic E-state index is -0.767. The lowest BCUT2D eigenvalue weighted by Crippen LogP contribution is -2.34. The van der Waals surface area contributed by atoms with Crippen molar-refractivity contribution < 1.29 is 37.8 Å². The number of carbonyl (C=O) groups excluding carboxylic acids is 5. The number of rotatable bonds is 19. The van der Waals surface area contributed by atoms with Gasteiger partial charge >= 0.3 is 0 Å². The SMILES string of the molecule is CCn1nc(C)cc1C(=O)Nc1nc2cc(C(N)=O)cc(OCCCNC(=O)CN(C)C)c2n1CCC[C@H]1COc2cc(C(N)=O)cc3nc(NC(=O)c4c(F)c(C)nn4CC)n1c23. The standard InChI is InChI=1S/C42H51FN14O7/c1-7-55-29(15-22(3)51-55)39(61)49-41-47-27-16-24(37(44)59)18-30(63-14-10-12-46-32(58)20-53(5)6)34(27)54(41)13-9-11-26-21-64-31-19-25(38(45)60)17-28-35(31)57(26)42(48-28)50-40(62)36-33(43)23(4)52-56(36)8-2/h15-19,26H,7-14,20-21H2,1-6H3,(H2,44,59)(H2,45,60)(H,46,58)(H,47,49,61)(H,48,50,62)/t26-/m0/s1. The average molecular weight is 883 g/mol. The summed E-state index contributed by atoms with van der Waals surface area (Å²) in [6.45, 7) is 8.63. The lowest BCUT2D eigenvalue weighted by molar-refractivity contribution is -0.121. The molecule has 7 N–H and O–H groups in total. The van der Waals surface area contributed by atoms with E-state index in [0.29, 0.717) is 71.6 Å². The number of fused-ring (bicyclic) bond motifs is 1. The van der Waals surface area contributed by atoms with E-state index in [4.69, 9.17) is 25.9 Å². The molecule has 0 bridgehead atoms. The fraction of sp³-hybridized carbons (Fsp3) is 0.405. The molecule has 338 valence electrons. The van der Waals surface area contributed by atoms with Crippen LogP contribution in [0, 0.1) is 19.7 Å². The Balaban J connectivity index is 1.22. The molecule has 1 aliphatic rings. The van der Waals surface area contributed by atoms with Gasteiger partial charge in [0.05, 0.1) is 41.6 Å². The summed E-state index contributed by atoms with van der Waals surface area (Å²) in [4.78, 5) is 75.8. The number of likely N-dealkylation sites (N-methyl/N-ethyl adjacent to an activating group) is 1. The first-order valence-electron chi connectivity index (χ1n) is 20.8. The van der Waals surface area contributed by atoms with Gasteiger partial charge in [-0.1, -0.05) is 0 Å². The van der Waals surface area contributed by atoms with Crippen LogP contribution in [0.2, 0.25) is 0 Å². The maximum atomic E-state index is 15.2. The summed E-state index contributed by atoms with van der Waals surface area (Å²) < 4.78 is 34.1. The molecular formula is C42H51FN14O7. The van der Waals surface area contributed by atoms with E-state index in [1.54, 1.807) is 52.7 Å². The quantitative estimate of drug-likeness (QED) is 0.0735. The van der Waals surface area contributed by atoms with E-state index in [1.165, 1.54) is 35.9 Å². The van der Waals surface area contributed by atoms with Crippen LogP contribution in [-0.4, -0.2) is 113 Å². The molecule has 1 atom stereocenters. The second kappa shape index (κ2) is 18.5. The normalized spacial score (nSPS) is 13.3. The molecular weight excluding hydrogens is 832 g/mol. The minimum Gasteiger partial charge on any atom is -0.491 e. The highest BCUT2D eigenvalue weighted by molar-refractivity contribution is 6.05. The number of primary amides is 2. The summed E-state index contributed by atoms with van der Waals surface area (Å²) in [5.41, 5.74) is 14.1. The summed E-state index contributed by atoms with van der Waals surface area (Å²) >= 11 is 0. The summed E-state index contributed by atoms with van der Waals surface area (Å²) in [6, 6.07) is 7.27. The van der Waals surface area contributed by atoms with E-state index in [1.807, 2.05) is 6.92 Å². The number of anilines is 2. The molecule has 0 unspecified atom stereocenters. The summed E-state index contributed by atoms with van der Waals surface area (Å²) in [7, 11) is 3.60. The number of ether oxygens (including phenoxy) is 2. The molecule has 0 aliphatic carbocycles. The maximum absolute atomic E-state index is 15.2. The maximum Gasteiger partial charge on any atom is 0.279 e. The van der Waals surface area contributed by atoms with E-state index < -0.39 is 35.5 Å². The van der Waals surface area contributed by atoms with Gasteiger partial charge in [0.25, 0.3) is 11.8 Å². The van der Waals surface area contributed by atoms with Crippen molar-refractivity contribution in [2.45, 2.75) is 72.6 Å². The van der Waals surface area contributed by atoms with E-state index in [-0.39, 0.29) is 78.9 Å². The molecule has 5 amide bonds. The average Bonchev–Trinajstić information content (AvgIpc) is 3.99. The van der Waals surface area contributed by atoms with Crippen LogP contribution in [0.3, 0.4) is 0 Å². The molecule has 7 rings (SSSR count). The molecule has 1 aliphatic heterocycles. The van der Waals surface area contributed by atoms with Gasteiger partial charge in [0, 0.05) is 37.3 Å². The van der Waals surface area contributed by atoms with Crippen molar-refractivity contribution in [1.29, 1.82) is 0 Å². The highest BCUT2D eigenvalue weighted by Crippen LogP contribution is 2.39. The first kappa shape index (κ1) is 44.7. The monoisotopic (exact) mass is 882 g/mol. The molecule has 0 radical (unpaired) electrons. The number of imidazole rings is 2. The van der Waals surface area contributed by atoms with Crippen LogP contribution < -0.4 is 36.9 Å². The summed E-state index contributed by atoms with van der Waals surface area (Å²) in [5, 5.41) is 17.1. The summed E-state index contributed by atoms with van der Waals surface area (Å²) in [6.07, 6.45) is 1.26. The molecule has 4 aromatic heterocycles. The fourth-order valence-corrected chi connectivity index (χ4v) is 7.77. The molecule has 0 fully saturated rings. The molecule has 2 aromatic carbocycles. The number of nitrogens with one attached hydrogen (secondary N) is 3. The van der Waals surface area contributed by atoms with Crippen LogP contribution in [0.1, 0.15) is 92.2 Å². The lowest BCUT2D eigenvalue weighted by atomic mass is 10.1. The van der Waals surface area contributed by atoms with Crippen molar-refractivity contribution in [2.24, 2.45) is 11.5 Å². The topological polar surface area (TPSA) is 266 Å². The number of aryl methyl sites for hydroxylation is 5. The number of aromatic nitrogens is 8. The van der Waals surface area contributed by atoms with Crippen molar-refractivity contribution >= 4 is 63.5 Å². The second-order valence-electron chi connectivity index (χ2n) is 15.7. The number of hydrogen-bond acceptors (Lipinski definition) is 12. The highest BCUT2D eigenvalue weighted by Gasteiger charge is 2.31. The third-order valence-corrected chi connectivity index (χ3v) is 10.7. The van der Waals surface area contributed by atoms with E-state index in [0.717, 1.165) is 0 Å². The second-order valence-corrected chi connectivity index (χ2v) is 15.7. The van der Waals surface area contributed by atoms with Gasteiger partial charge < -0.3 is 40.3 Å². The predicted molar refractivity (Wildman–Crippen MR) is 233 cm³/mol. The molecule has 5 heterocycles. The van der Waals surface area contributed by atoms with Crippen molar-refractivity contribution in [3.63, 3.8) is 0 Å². The first-order chi connectivity index (χ1) is 30.6. The molecule has 64 heavy (non-hydrogen) atoms. The number of nitrogens with two attached hydrogens (primary N) is 2. The first-order valence-corrected chi connectivity index (χ1v) is 20.8. The number of nitrogens with zero attached hydrogens (tertiary/aromatic N) is 9. The smallest absolute Gasteiger partial charge is 0.279 e. The number of halogens is 1. The number of amides is 5. The van der Waals surface area contributed by atoms with Gasteiger partial charge in [-0.15, -0.1) is 0 Å². The minimum absolute atomic E-state index is 0.0680. The van der Waals surface area contributed by atoms with E-state index in [9.17, 15) is 24.0 Å². The Kier molecular flexibility index (Phi) is 13.0. The Labute approximate surface area is 366 Å². The third kappa shape index (κ3) is 9.07. The van der Waals surface area contributed by atoms with Crippen LogP contribution in [0.15, 0.2) is 30.3 Å². The molecule has 21 nitrogen and oxygen atoms in total. The molecule has 0 spiro atoms. The van der Waals surface area contributed by atoms with Gasteiger partial charge in [0.1, 0.15) is 34.8 Å². The Bertz CT molecular complexity index is 2800. The van der Waals surface area contributed by atoms with Crippen LogP contribution >= 0.6 is 0 Å². The zero-order chi connectivity index (χ0) is 46.0. The van der Waals surface area contributed by atoms with E-state index >= 15 is 4.39 Å². The van der Waals surface area contributed by atoms with Crippen molar-refractivity contribution in [3.05, 3.63) is 70.1 Å². The van der Waals surface area contributed by atoms with Gasteiger partial charge in [-0.25, -0.2) is 14.4 Å². The Morgan fingerprint density at radius 1 is 0.875 bits per heavy atom. The lowest BCUT2D eigenvalue weighted by Gasteiger charge is -2.27. The Morgan fingerprint density at radius 3 is 2.23 bits per heavy atom. The van der Waals surface area contributed by atoms with Gasteiger partial charge in [0.15, 0.2) is 11.5 Å². The Hall–Kier alpha value is -7.36. The van der Waals surface area contributed by atoms with Crippen molar-refractivity contribution in [3.8, 4) is 11.5 Å². The predicted octanol–water partition coefficient (Wildman–Crippen LogP) is 3.14. The molecule has 0 saturated heterocycles. The van der Waals surface area contributed by atoms with Crippen LogP contribution in [0.25, 0.3) is 22.1 Å². The molecule has 6 aromatic rings. The number of hydrogen-bond donors (Lipinski definition) is 5. The van der Waals surface area contributed by atoms with Gasteiger partial charge in [0.2, 0.25) is 29.6 Å². The van der Waals surface area contributed by atoms with E-state index in [2.05, 4.69) is 31.1 Å². The fourth-order valence-electron chi connectivity index (χ4n) is 7.77.